The van der Waals surface area contributed by atoms with Gasteiger partial charge in [0.15, 0.2) is 11.5 Å². The van der Waals surface area contributed by atoms with E-state index in [9.17, 15) is 14.9 Å². The van der Waals surface area contributed by atoms with E-state index in [0.717, 1.165) is 37.6 Å². The molecule has 1 saturated heterocycles. The van der Waals surface area contributed by atoms with Crippen LogP contribution in [-0.4, -0.2) is 41.0 Å². The summed E-state index contributed by atoms with van der Waals surface area (Å²) in [5.74, 6) is -0.226. The van der Waals surface area contributed by atoms with Crippen molar-refractivity contribution in [3.63, 3.8) is 0 Å². The fourth-order valence-corrected chi connectivity index (χ4v) is 3.43. The van der Waals surface area contributed by atoms with Crippen LogP contribution < -0.4 is 9.47 Å². The lowest BCUT2D eigenvalue weighted by atomic mass is 10.1. The number of nitro groups is 1. The van der Waals surface area contributed by atoms with E-state index in [1.165, 1.54) is 19.2 Å². The van der Waals surface area contributed by atoms with Crippen molar-refractivity contribution in [3.05, 3.63) is 62.7 Å². The molecule has 146 valence electrons. The van der Waals surface area contributed by atoms with Crippen molar-refractivity contribution in [2.24, 2.45) is 0 Å². The molecule has 0 aliphatic carbocycles. The van der Waals surface area contributed by atoms with Gasteiger partial charge in [-0.2, -0.15) is 0 Å². The molecule has 1 aliphatic heterocycles. The average Bonchev–Trinajstić information content (AvgIpc) is 3.22. The first-order valence-electron chi connectivity index (χ1n) is 8.54. The highest BCUT2D eigenvalue weighted by molar-refractivity contribution is 7.80. The molecule has 0 N–H and O–H groups in total. The lowest BCUT2D eigenvalue weighted by Gasteiger charge is -2.19. The van der Waals surface area contributed by atoms with Crippen LogP contribution in [0, 0.1) is 10.1 Å². The van der Waals surface area contributed by atoms with Crippen molar-refractivity contribution >= 4 is 40.5 Å². The topological polar surface area (TPSA) is 81.9 Å². The van der Waals surface area contributed by atoms with E-state index in [0.29, 0.717) is 10.7 Å². The van der Waals surface area contributed by atoms with Crippen molar-refractivity contribution in [2.45, 2.75) is 12.8 Å². The number of nitrogens with zero attached hydrogens (tertiary/aromatic N) is 2. The Hall–Kier alpha value is -2.71. The Labute approximate surface area is 172 Å². The molecule has 0 atom stereocenters. The molecule has 0 radical (unpaired) electrons. The van der Waals surface area contributed by atoms with Crippen LogP contribution in [-0.2, 0) is 0 Å². The lowest BCUT2D eigenvalue weighted by molar-refractivity contribution is -0.384. The second kappa shape index (κ2) is 8.53. The minimum absolute atomic E-state index is 0.00526. The number of nitro benzene ring substituents is 1. The summed E-state index contributed by atoms with van der Waals surface area (Å²) in [6.45, 7) is 1.79. The number of ether oxygens (including phenoxy) is 2. The quantitative estimate of drug-likeness (QED) is 0.235. The Morgan fingerprint density at radius 2 is 1.82 bits per heavy atom. The van der Waals surface area contributed by atoms with Crippen molar-refractivity contribution in [2.75, 3.05) is 20.2 Å². The number of esters is 1. The van der Waals surface area contributed by atoms with Gasteiger partial charge in [0.05, 0.1) is 17.6 Å². The van der Waals surface area contributed by atoms with Gasteiger partial charge in [0.25, 0.3) is 5.69 Å². The molecule has 0 spiro atoms. The van der Waals surface area contributed by atoms with E-state index in [-0.39, 0.29) is 22.0 Å². The third-order valence-electron chi connectivity index (χ3n) is 4.39. The predicted octanol–water partition coefficient (Wildman–Crippen LogP) is 4.25. The molecule has 0 aromatic heterocycles. The molecule has 7 nitrogen and oxygen atoms in total. The monoisotopic (exact) mass is 420 g/mol. The van der Waals surface area contributed by atoms with Crippen LogP contribution in [0.3, 0.4) is 0 Å². The zero-order valence-electron chi connectivity index (χ0n) is 15.0. The average molecular weight is 421 g/mol. The van der Waals surface area contributed by atoms with Crippen molar-refractivity contribution in [1.82, 2.24) is 4.90 Å². The Morgan fingerprint density at radius 3 is 2.46 bits per heavy atom. The summed E-state index contributed by atoms with van der Waals surface area (Å²) < 4.78 is 10.7. The highest BCUT2D eigenvalue weighted by Crippen LogP contribution is 2.31. The van der Waals surface area contributed by atoms with E-state index < -0.39 is 10.9 Å². The molecule has 0 bridgehead atoms. The van der Waals surface area contributed by atoms with Crippen molar-refractivity contribution < 1.29 is 19.2 Å². The van der Waals surface area contributed by atoms with Gasteiger partial charge in [-0.25, -0.2) is 4.79 Å². The van der Waals surface area contributed by atoms with E-state index in [1.54, 1.807) is 12.1 Å². The SMILES string of the molecule is COc1ccc(C(=S)N2CCCC2)cc1OC(=O)c1ccc(Cl)c([N+](=O)[O-])c1. The number of carbonyl (C=O) groups excluding carboxylic acids is 1. The van der Waals surface area contributed by atoms with Crippen LogP contribution in [0.25, 0.3) is 0 Å². The minimum Gasteiger partial charge on any atom is -0.493 e. The fourth-order valence-electron chi connectivity index (χ4n) is 2.93. The molecule has 0 unspecified atom stereocenters. The van der Waals surface area contributed by atoms with Crippen LogP contribution in [0.4, 0.5) is 5.69 Å². The second-order valence-corrected chi connectivity index (χ2v) is 6.97. The molecule has 1 heterocycles. The van der Waals surface area contributed by atoms with Gasteiger partial charge in [0.2, 0.25) is 0 Å². The first-order chi connectivity index (χ1) is 13.4. The van der Waals surface area contributed by atoms with E-state index in [1.807, 2.05) is 6.07 Å². The largest absolute Gasteiger partial charge is 0.493 e. The summed E-state index contributed by atoms with van der Waals surface area (Å²) in [7, 11) is 1.46. The standard InChI is InChI=1S/C19H17ClN2O5S/c1-26-16-7-5-12(18(28)21-8-2-3-9-21)11-17(16)27-19(23)13-4-6-14(20)15(10-13)22(24)25/h4-7,10-11H,2-3,8-9H2,1H3. The van der Waals surface area contributed by atoms with Crippen molar-refractivity contribution in [1.29, 1.82) is 0 Å². The van der Waals surface area contributed by atoms with E-state index >= 15 is 0 Å². The summed E-state index contributed by atoms with van der Waals surface area (Å²) >= 11 is 11.3. The highest BCUT2D eigenvalue weighted by Gasteiger charge is 2.21. The Balaban J connectivity index is 1.87. The normalized spacial score (nSPS) is 13.3. The number of likely N-dealkylation sites (tertiary alicyclic amines) is 1. The van der Waals surface area contributed by atoms with Gasteiger partial charge in [0.1, 0.15) is 10.0 Å². The van der Waals surface area contributed by atoms with Crippen LogP contribution >= 0.6 is 23.8 Å². The fraction of sp³-hybridized carbons (Fsp3) is 0.263. The molecule has 0 amide bonds. The Morgan fingerprint density at radius 1 is 1.14 bits per heavy atom. The summed E-state index contributed by atoms with van der Waals surface area (Å²) in [5, 5.41) is 11.0. The Kier molecular flexibility index (Phi) is 6.11. The number of hydrogen-bond donors (Lipinski definition) is 0. The lowest BCUT2D eigenvalue weighted by Crippen LogP contribution is -2.26. The number of rotatable bonds is 5. The van der Waals surface area contributed by atoms with Gasteiger partial charge in [-0.05, 0) is 43.2 Å². The molecule has 2 aromatic carbocycles. The molecule has 9 heteroatoms. The molecule has 2 aromatic rings. The zero-order chi connectivity index (χ0) is 20.3. The first-order valence-corrected chi connectivity index (χ1v) is 9.32. The molecular formula is C19H17ClN2O5S. The van der Waals surface area contributed by atoms with Gasteiger partial charge >= 0.3 is 5.97 Å². The molecule has 1 fully saturated rings. The van der Waals surface area contributed by atoms with Gasteiger partial charge in [0, 0.05) is 24.7 Å². The summed E-state index contributed by atoms with van der Waals surface area (Å²) in [6, 6.07) is 8.85. The first kappa shape index (κ1) is 20.0. The van der Waals surface area contributed by atoms with Crippen LogP contribution in [0.2, 0.25) is 5.02 Å². The maximum atomic E-state index is 12.5. The summed E-state index contributed by atoms with van der Waals surface area (Å²) in [5.41, 5.74) is 0.375. The van der Waals surface area contributed by atoms with E-state index in [2.05, 4.69) is 4.90 Å². The Bertz CT molecular complexity index is 944. The van der Waals surface area contributed by atoms with Crippen molar-refractivity contribution in [3.8, 4) is 11.5 Å². The van der Waals surface area contributed by atoms with E-state index in [4.69, 9.17) is 33.3 Å². The van der Waals surface area contributed by atoms with Gasteiger partial charge < -0.3 is 14.4 Å². The number of carbonyl (C=O) groups is 1. The second-order valence-electron chi connectivity index (χ2n) is 6.18. The van der Waals surface area contributed by atoms with Gasteiger partial charge in [-0.15, -0.1) is 0 Å². The number of benzene rings is 2. The predicted molar refractivity (Wildman–Crippen MR) is 109 cm³/mol. The number of halogens is 1. The van der Waals surface area contributed by atoms with Crippen LogP contribution in [0.1, 0.15) is 28.8 Å². The smallest absolute Gasteiger partial charge is 0.343 e. The molecule has 0 saturated carbocycles. The number of thiocarbonyl (C=S) groups is 1. The molecular weight excluding hydrogens is 404 g/mol. The van der Waals surface area contributed by atoms with Gasteiger partial charge in [-0.3, -0.25) is 10.1 Å². The maximum absolute atomic E-state index is 12.5. The third-order valence-corrected chi connectivity index (χ3v) is 5.20. The van der Waals surface area contributed by atoms with Crippen LogP contribution in [0.5, 0.6) is 11.5 Å². The summed E-state index contributed by atoms with van der Waals surface area (Å²) in [6.07, 6.45) is 2.18. The number of hydrogen-bond acceptors (Lipinski definition) is 6. The minimum atomic E-state index is -0.762. The summed E-state index contributed by atoms with van der Waals surface area (Å²) in [4.78, 5) is 25.7. The number of methoxy groups -OCH3 is 1. The molecule has 1 aliphatic rings. The van der Waals surface area contributed by atoms with Gasteiger partial charge in [-0.1, -0.05) is 23.8 Å². The zero-order valence-corrected chi connectivity index (χ0v) is 16.6. The molecule has 28 heavy (non-hydrogen) atoms. The molecule has 3 rings (SSSR count). The van der Waals surface area contributed by atoms with Crippen LogP contribution in [0.15, 0.2) is 36.4 Å². The third kappa shape index (κ3) is 4.23. The maximum Gasteiger partial charge on any atom is 0.343 e. The highest BCUT2D eigenvalue weighted by atomic mass is 35.5.